The number of carbonyl (C=O) groups is 1. The van der Waals surface area contributed by atoms with E-state index in [0.717, 1.165) is 13.0 Å². The number of hydrogen-bond donors (Lipinski definition) is 2. The van der Waals surface area contributed by atoms with Crippen LogP contribution in [0.1, 0.15) is 51.9 Å². The second-order valence-electron chi connectivity index (χ2n) is 6.29. The molecule has 1 rings (SSSR count). The maximum atomic E-state index is 11.6. The van der Waals surface area contributed by atoms with Crippen LogP contribution in [0.3, 0.4) is 0 Å². The lowest BCUT2D eigenvalue weighted by molar-refractivity contribution is -0.127. The number of carbonyl (C=O) groups excluding carboxylic acids is 1. The van der Waals surface area contributed by atoms with Gasteiger partial charge in [0, 0.05) is 27.2 Å². The number of rotatable bonds is 8. The molecule has 1 amide bonds. The number of likely N-dealkylation sites (N-methyl/N-ethyl adjacent to an activating group) is 1. The number of nitrogens with one attached hydrogen (secondary N) is 2. The molecule has 134 valence electrons. The Kier molecular flexibility index (Phi) is 10.4. The van der Waals surface area contributed by atoms with Gasteiger partial charge in [-0.25, -0.2) is 4.99 Å². The van der Waals surface area contributed by atoms with Crippen molar-refractivity contribution in [2.24, 2.45) is 4.99 Å². The highest BCUT2D eigenvalue weighted by atomic mass is 16.5. The molecule has 2 N–H and O–H groups in total. The molecule has 0 radical (unpaired) electrons. The maximum Gasteiger partial charge on any atom is 0.243 e. The third kappa shape index (κ3) is 9.43. The van der Waals surface area contributed by atoms with Crippen molar-refractivity contribution in [2.75, 3.05) is 40.3 Å². The van der Waals surface area contributed by atoms with E-state index in [2.05, 4.69) is 22.5 Å². The van der Waals surface area contributed by atoms with E-state index in [1.165, 1.54) is 38.5 Å². The fourth-order valence-electron chi connectivity index (χ4n) is 2.51. The van der Waals surface area contributed by atoms with Crippen LogP contribution in [0.25, 0.3) is 0 Å². The molecule has 6 heteroatoms. The average molecular weight is 326 g/mol. The molecule has 0 heterocycles. The van der Waals surface area contributed by atoms with E-state index in [1.807, 2.05) is 0 Å². The highest BCUT2D eigenvalue weighted by Crippen LogP contribution is 2.19. The van der Waals surface area contributed by atoms with E-state index in [9.17, 15) is 4.79 Å². The molecule has 1 fully saturated rings. The lowest BCUT2D eigenvalue weighted by Gasteiger charge is -2.17. The average Bonchev–Trinajstić information content (AvgIpc) is 2.81. The van der Waals surface area contributed by atoms with Crippen molar-refractivity contribution in [3.05, 3.63) is 0 Å². The summed E-state index contributed by atoms with van der Waals surface area (Å²) in [7, 11) is 3.48. The summed E-state index contributed by atoms with van der Waals surface area (Å²) in [5.41, 5.74) is 0. The van der Waals surface area contributed by atoms with Crippen molar-refractivity contribution in [3.63, 3.8) is 0 Å². The maximum absolute atomic E-state index is 11.6. The number of amides is 1. The van der Waals surface area contributed by atoms with Crippen molar-refractivity contribution in [1.29, 1.82) is 0 Å². The van der Waals surface area contributed by atoms with E-state index in [-0.39, 0.29) is 12.5 Å². The lowest BCUT2D eigenvalue weighted by atomic mass is 10.1. The third-order valence-corrected chi connectivity index (χ3v) is 3.96. The van der Waals surface area contributed by atoms with E-state index in [0.29, 0.717) is 25.2 Å². The Balaban J connectivity index is 2.29. The van der Waals surface area contributed by atoms with Gasteiger partial charge < -0.3 is 20.3 Å². The van der Waals surface area contributed by atoms with Gasteiger partial charge in [-0.3, -0.25) is 4.79 Å². The summed E-state index contributed by atoms with van der Waals surface area (Å²) >= 11 is 0. The summed E-state index contributed by atoms with van der Waals surface area (Å²) in [6.07, 6.45) is 9.06. The number of guanidine groups is 1. The molecule has 6 nitrogen and oxygen atoms in total. The molecule has 0 bridgehead atoms. The lowest BCUT2D eigenvalue weighted by Crippen LogP contribution is -2.40. The number of hydrogen-bond acceptors (Lipinski definition) is 3. The van der Waals surface area contributed by atoms with Crippen molar-refractivity contribution in [2.45, 2.75) is 58.0 Å². The molecule has 0 aromatic rings. The third-order valence-electron chi connectivity index (χ3n) is 3.96. The molecule has 1 saturated carbocycles. The molecule has 1 aliphatic rings. The Morgan fingerprint density at radius 3 is 2.39 bits per heavy atom. The van der Waals surface area contributed by atoms with Crippen LogP contribution in [0.2, 0.25) is 0 Å². The molecule has 0 spiro atoms. The minimum atomic E-state index is -0.00250. The Bertz CT molecular complexity index is 351. The second-order valence-corrected chi connectivity index (χ2v) is 6.29. The Morgan fingerprint density at radius 2 is 1.78 bits per heavy atom. The Labute approximate surface area is 141 Å². The number of aliphatic imine (C=N–C) groups is 1. The molecule has 0 unspecified atom stereocenters. The first-order valence-electron chi connectivity index (χ1n) is 8.97. The van der Waals surface area contributed by atoms with Crippen molar-refractivity contribution in [3.8, 4) is 0 Å². The molecule has 0 atom stereocenters. The second kappa shape index (κ2) is 12.2. The molecular weight excluding hydrogens is 292 g/mol. The topological polar surface area (TPSA) is 66.0 Å². The van der Waals surface area contributed by atoms with Crippen LogP contribution >= 0.6 is 0 Å². The summed E-state index contributed by atoms with van der Waals surface area (Å²) in [6, 6.07) is 0. The van der Waals surface area contributed by atoms with Gasteiger partial charge in [-0.1, -0.05) is 32.6 Å². The smallest absolute Gasteiger partial charge is 0.243 e. The number of ether oxygens (including phenoxy) is 1. The molecule has 0 aromatic heterocycles. The van der Waals surface area contributed by atoms with Gasteiger partial charge in [0.15, 0.2) is 5.96 Å². The van der Waals surface area contributed by atoms with Gasteiger partial charge in [0.1, 0.15) is 6.54 Å². The highest BCUT2D eigenvalue weighted by molar-refractivity contribution is 5.84. The minimum absolute atomic E-state index is 0.00250. The van der Waals surface area contributed by atoms with Gasteiger partial charge in [-0.15, -0.1) is 0 Å². The summed E-state index contributed by atoms with van der Waals surface area (Å²) < 4.78 is 5.96. The fraction of sp³-hybridized carbons (Fsp3) is 0.882. The van der Waals surface area contributed by atoms with Crippen LogP contribution in [-0.4, -0.2) is 63.2 Å². The highest BCUT2D eigenvalue weighted by Gasteiger charge is 2.12. The SMILES string of the molecule is CCCNC(=NCC(=O)N(C)C)NCCOC1CCCCCC1. The first-order chi connectivity index (χ1) is 11.1. The van der Waals surface area contributed by atoms with Gasteiger partial charge in [-0.05, 0) is 19.3 Å². The first kappa shape index (κ1) is 19.7. The minimum Gasteiger partial charge on any atom is -0.376 e. The monoisotopic (exact) mass is 326 g/mol. The van der Waals surface area contributed by atoms with Gasteiger partial charge in [0.25, 0.3) is 0 Å². The Morgan fingerprint density at radius 1 is 1.13 bits per heavy atom. The molecule has 23 heavy (non-hydrogen) atoms. The van der Waals surface area contributed by atoms with Crippen LogP contribution in [0, 0.1) is 0 Å². The zero-order valence-corrected chi connectivity index (χ0v) is 15.1. The summed E-state index contributed by atoms with van der Waals surface area (Å²) in [4.78, 5) is 17.5. The van der Waals surface area contributed by atoms with Gasteiger partial charge >= 0.3 is 0 Å². The van der Waals surface area contributed by atoms with E-state index in [4.69, 9.17) is 4.74 Å². The molecule has 1 aliphatic carbocycles. The van der Waals surface area contributed by atoms with E-state index >= 15 is 0 Å². The van der Waals surface area contributed by atoms with Gasteiger partial charge in [-0.2, -0.15) is 0 Å². The quantitative estimate of drug-likeness (QED) is 0.309. The summed E-state index contributed by atoms with van der Waals surface area (Å²) in [5.74, 6) is 0.684. The molecule has 0 aromatic carbocycles. The summed E-state index contributed by atoms with van der Waals surface area (Å²) in [5, 5.41) is 6.47. The van der Waals surface area contributed by atoms with Crippen LogP contribution in [0.15, 0.2) is 4.99 Å². The van der Waals surface area contributed by atoms with Crippen molar-refractivity contribution < 1.29 is 9.53 Å². The standard InChI is InChI=1S/C17H34N4O2/c1-4-11-18-17(20-14-16(22)21(2)3)19-12-13-23-15-9-7-5-6-8-10-15/h15H,4-14H2,1-3H3,(H2,18,19,20). The predicted octanol–water partition coefficient (Wildman–Crippen LogP) is 1.76. The van der Waals surface area contributed by atoms with Crippen LogP contribution < -0.4 is 10.6 Å². The predicted molar refractivity (Wildman–Crippen MR) is 94.7 cm³/mol. The zero-order valence-electron chi connectivity index (χ0n) is 15.1. The molecule has 0 aliphatic heterocycles. The molecule has 0 saturated heterocycles. The van der Waals surface area contributed by atoms with Crippen LogP contribution in [0.4, 0.5) is 0 Å². The normalized spacial score (nSPS) is 16.7. The van der Waals surface area contributed by atoms with Crippen LogP contribution in [-0.2, 0) is 9.53 Å². The Hall–Kier alpha value is -1.30. The molecular formula is C17H34N4O2. The van der Waals surface area contributed by atoms with E-state index in [1.54, 1.807) is 19.0 Å². The van der Waals surface area contributed by atoms with Gasteiger partial charge in [0.2, 0.25) is 5.91 Å². The van der Waals surface area contributed by atoms with Crippen LogP contribution in [0.5, 0.6) is 0 Å². The van der Waals surface area contributed by atoms with Crippen molar-refractivity contribution >= 4 is 11.9 Å². The summed E-state index contributed by atoms with van der Waals surface area (Å²) in [6.45, 7) is 4.49. The van der Waals surface area contributed by atoms with Crippen molar-refractivity contribution in [1.82, 2.24) is 15.5 Å². The first-order valence-corrected chi connectivity index (χ1v) is 8.97. The van der Waals surface area contributed by atoms with E-state index < -0.39 is 0 Å². The largest absolute Gasteiger partial charge is 0.376 e. The zero-order chi connectivity index (χ0) is 16.9. The number of nitrogens with zero attached hydrogens (tertiary/aromatic N) is 2. The fourth-order valence-corrected chi connectivity index (χ4v) is 2.51. The van der Waals surface area contributed by atoms with Gasteiger partial charge in [0.05, 0.1) is 12.7 Å².